The number of aromatic nitrogens is 4. The number of carbonyl (C=O) groups is 1. The topological polar surface area (TPSA) is 72.7 Å². The molecule has 2 aromatic carbocycles. The Morgan fingerprint density at radius 1 is 1.16 bits per heavy atom. The zero-order valence-electron chi connectivity index (χ0n) is 13.8. The van der Waals surface area contributed by atoms with Gasteiger partial charge in [0.25, 0.3) is 0 Å². The van der Waals surface area contributed by atoms with E-state index in [4.69, 9.17) is 0 Å². The SMILES string of the molecule is CSc1ccccc1NC(=O)CSc1nnnn1-c1ccccc1C. The van der Waals surface area contributed by atoms with Crippen molar-refractivity contribution in [2.75, 3.05) is 17.3 Å². The van der Waals surface area contributed by atoms with Crippen molar-refractivity contribution < 1.29 is 4.79 Å². The minimum Gasteiger partial charge on any atom is -0.324 e. The first-order chi connectivity index (χ1) is 12.2. The van der Waals surface area contributed by atoms with Gasteiger partial charge in [-0.2, -0.15) is 4.68 Å². The molecule has 0 aliphatic rings. The highest BCUT2D eigenvalue weighted by molar-refractivity contribution is 7.99. The van der Waals surface area contributed by atoms with E-state index in [0.717, 1.165) is 21.8 Å². The third kappa shape index (κ3) is 4.21. The van der Waals surface area contributed by atoms with E-state index in [9.17, 15) is 4.79 Å². The molecule has 0 aliphatic carbocycles. The minimum atomic E-state index is -0.0918. The fourth-order valence-electron chi connectivity index (χ4n) is 2.29. The molecule has 0 fully saturated rings. The molecule has 8 heteroatoms. The fraction of sp³-hybridized carbons (Fsp3) is 0.176. The van der Waals surface area contributed by atoms with Gasteiger partial charge in [-0.15, -0.1) is 16.9 Å². The highest BCUT2D eigenvalue weighted by Gasteiger charge is 2.13. The predicted molar refractivity (Wildman–Crippen MR) is 101 cm³/mol. The molecule has 0 spiro atoms. The van der Waals surface area contributed by atoms with Crippen LogP contribution in [0.5, 0.6) is 0 Å². The third-order valence-electron chi connectivity index (χ3n) is 3.50. The van der Waals surface area contributed by atoms with Crippen molar-refractivity contribution in [1.82, 2.24) is 20.2 Å². The summed E-state index contributed by atoms with van der Waals surface area (Å²) >= 11 is 2.90. The molecule has 0 saturated heterocycles. The number of benzene rings is 2. The zero-order valence-corrected chi connectivity index (χ0v) is 15.5. The maximum Gasteiger partial charge on any atom is 0.234 e. The summed E-state index contributed by atoms with van der Waals surface area (Å²) in [6, 6.07) is 15.6. The van der Waals surface area contributed by atoms with E-state index in [-0.39, 0.29) is 11.7 Å². The lowest BCUT2D eigenvalue weighted by atomic mass is 10.2. The summed E-state index contributed by atoms with van der Waals surface area (Å²) in [7, 11) is 0. The van der Waals surface area contributed by atoms with Gasteiger partial charge < -0.3 is 5.32 Å². The van der Waals surface area contributed by atoms with Crippen molar-refractivity contribution in [3.63, 3.8) is 0 Å². The van der Waals surface area contributed by atoms with Gasteiger partial charge >= 0.3 is 0 Å². The lowest BCUT2D eigenvalue weighted by Gasteiger charge is -2.09. The van der Waals surface area contributed by atoms with Crippen LogP contribution in [0.4, 0.5) is 5.69 Å². The van der Waals surface area contributed by atoms with E-state index in [1.165, 1.54) is 11.8 Å². The van der Waals surface area contributed by atoms with E-state index in [2.05, 4.69) is 20.8 Å². The van der Waals surface area contributed by atoms with Gasteiger partial charge in [0, 0.05) is 4.90 Å². The average Bonchev–Trinajstić information content (AvgIpc) is 3.09. The minimum absolute atomic E-state index is 0.0918. The number of hydrogen-bond acceptors (Lipinski definition) is 6. The van der Waals surface area contributed by atoms with Crippen molar-refractivity contribution >= 4 is 35.1 Å². The number of hydrogen-bond donors (Lipinski definition) is 1. The van der Waals surface area contributed by atoms with Gasteiger partial charge in [0.15, 0.2) is 0 Å². The quantitative estimate of drug-likeness (QED) is 0.669. The zero-order chi connectivity index (χ0) is 17.6. The smallest absolute Gasteiger partial charge is 0.234 e. The molecule has 0 aliphatic heterocycles. The molecule has 25 heavy (non-hydrogen) atoms. The molecule has 3 aromatic rings. The predicted octanol–water partition coefficient (Wildman–Crippen LogP) is 3.42. The maximum absolute atomic E-state index is 12.3. The van der Waals surface area contributed by atoms with E-state index in [1.807, 2.05) is 61.7 Å². The number of nitrogens with zero attached hydrogens (tertiary/aromatic N) is 4. The van der Waals surface area contributed by atoms with Gasteiger partial charge in [-0.05, 0) is 47.4 Å². The lowest BCUT2D eigenvalue weighted by Crippen LogP contribution is -2.15. The molecule has 0 bridgehead atoms. The molecular formula is C17H17N5OS2. The Morgan fingerprint density at radius 3 is 2.72 bits per heavy atom. The van der Waals surface area contributed by atoms with Gasteiger partial charge in [-0.1, -0.05) is 42.1 Å². The second-order valence-electron chi connectivity index (χ2n) is 5.20. The first-order valence-electron chi connectivity index (χ1n) is 7.59. The van der Waals surface area contributed by atoms with Crippen LogP contribution in [-0.4, -0.2) is 38.1 Å². The van der Waals surface area contributed by atoms with E-state index >= 15 is 0 Å². The standard InChI is InChI=1S/C17H17N5OS2/c1-12-7-3-5-9-14(12)22-17(19-20-21-22)25-11-16(23)18-13-8-4-6-10-15(13)24-2/h3-10H,11H2,1-2H3,(H,18,23). The number of thioether (sulfide) groups is 2. The number of rotatable bonds is 6. The summed E-state index contributed by atoms with van der Waals surface area (Å²) in [6.07, 6.45) is 1.98. The van der Waals surface area contributed by atoms with E-state index in [1.54, 1.807) is 16.4 Å². The van der Waals surface area contributed by atoms with E-state index < -0.39 is 0 Å². The molecular weight excluding hydrogens is 354 g/mol. The number of nitrogens with one attached hydrogen (secondary N) is 1. The molecule has 1 amide bonds. The van der Waals surface area contributed by atoms with Gasteiger partial charge in [0.1, 0.15) is 0 Å². The van der Waals surface area contributed by atoms with Gasteiger partial charge in [0.05, 0.1) is 17.1 Å². The molecule has 3 rings (SSSR count). The van der Waals surface area contributed by atoms with Crippen LogP contribution in [0, 0.1) is 6.92 Å². The van der Waals surface area contributed by atoms with Crippen molar-refractivity contribution in [2.45, 2.75) is 17.0 Å². The highest BCUT2D eigenvalue weighted by atomic mass is 32.2. The van der Waals surface area contributed by atoms with Crippen LogP contribution in [0.3, 0.4) is 0 Å². The van der Waals surface area contributed by atoms with Crippen molar-refractivity contribution in [2.24, 2.45) is 0 Å². The lowest BCUT2D eigenvalue weighted by molar-refractivity contribution is -0.113. The number of amides is 1. The summed E-state index contributed by atoms with van der Waals surface area (Å²) in [4.78, 5) is 13.3. The maximum atomic E-state index is 12.3. The van der Waals surface area contributed by atoms with Crippen LogP contribution in [0.2, 0.25) is 0 Å². The van der Waals surface area contributed by atoms with Gasteiger partial charge in [-0.3, -0.25) is 4.79 Å². The van der Waals surface area contributed by atoms with Crippen LogP contribution in [-0.2, 0) is 4.79 Å². The number of anilines is 1. The van der Waals surface area contributed by atoms with Crippen LogP contribution in [0.1, 0.15) is 5.56 Å². The molecule has 1 aromatic heterocycles. The molecule has 128 valence electrons. The molecule has 1 heterocycles. The second kappa shape index (κ2) is 8.17. The fourth-order valence-corrected chi connectivity index (χ4v) is 3.52. The second-order valence-corrected chi connectivity index (χ2v) is 6.99. The van der Waals surface area contributed by atoms with Gasteiger partial charge in [-0.25, -0.2) is 0 Å². The molecule has 0 atom stereocenters. The van der Waals surface area contributed by atoms with Crippen LogP contribution in [0.25, 0.3) is 5.69 Å². The Bertz CT molecular complexity index is 881. The molecule has 0 radical (unpaired) electrons. The largest absolute Gasteiger partial charge is 0.324 e. The third-order valence-corrected chi connectivity index (χ3v) is 5.21. The van der Waals surface area contributed by atoms with Crippen LogP contribution in [0.15, 0.2) is 58.6 Å². The molecule has 1 N–H and O–H groups in total. The van der Waals surface area contributed by atoms with E-state index in [0.29, 0.717) is 5.16 Å². The van der Waals surface area contributed by atoms with Crippen molar-refractivity contribution in [3.8, 4) is 5.69 Å². The summed E-state index contributed by atoms with van der Waals surface area (Å²) in [5.74, 6) is 0.139. The highest BCUT2D eigenvalue weighted by Crippen LogP contribution is 2.25. The van der Waals surface area contributed by atoms with Crippen molar-refractivity contribution in [3.05, 3.63) is 54.1 Å². The Morgan fingerprint density at radius 2 is 1.92 bits per heavy atom. The van der Waals surface area contributed by atoms with Gasteiger partial charge in [0.2, 0.25) is 11.1 Å². The van der Waals surface area contributed by atoms with Crippen molar-refractivity contribution in [1.29, 1.82) is 0 Å². The van der Waals surface area contributed by atoms with Crippen LogP contribution >= 0.6 is 23.5 Å². The average molecular weight is 371 g/mol. The molecule has 6 nitrogen and oxygen atoms in total. The Labute approximate surface area is 154 Å². The van der Waals surface area contributed by atoms with Crippen LogP contribution < -0.4 is 5.32 Å². The molecule has 0 saturated carbocycles. The Balaban J connectivity index is 1.68. The molecule has 0 unspecified atom stereocenters. The monoisotopic (exact) mass is 371 g/mol. The summed E-state index contributed by atoms with van der Waals surface area (Å²) in [5.41, 5.74) is 2.79. The first kappa shape index (κ1) is 17.5. The number of tetrazole rings is 1. The number of carbonyl (C=O) groups excluding carboxylic acids is 1. The normalized spacial score (nSPS) is 10.6. The number of para-hydroxylation sites is 2. The Hall–Kier alpha value is -2.32. The summed E-state index contributed by atoms with van der Waals surface area (Å²) in [5, 5.41) is 15.3. The summed E-state index contributed by atoms with van der Waals surface area (Å²) < 4.78 is 1.66. The number of aryl methyl sites for hydroxylation is 1. The summed E-state index contributed by atoms with van der Waals surface area (Å²) in [6.45, 7) is 2.00. The first-order valence-corrected chi connectivity index (χ1v) is 9.80. The Kier molecular flexibility index (Phi) is 5.72.